The minimum Gasteiger partial charge on any atom is -0.500 e. The molecule has 0 saturated carbocycles. The molecular weight excluding hydrogens is 394 g/mol. The third kappa shape index (κ3) is 5.82. The summed E-state index contributed by atoms with van der Waals surface area (Å²) in [5, 5.41) is 23.4. The minimum atomic E-state index is -1.18. The molecule has 2 amide bonds. The van der Waals surface area contributed by atoms with Crippen LogP contribution in [0.4, 0.5) is 5.82 Å². The van der Waals surface area contributed by atoms with Crippen LogP contribution in [-0.4, -0.2) is 52.7 Å². The van der Waals surface area contributed by atoms with Crippen LogP contribution in [0, 0.1) is 0 Å². The molecule has 0 bridgehead atoms. The first-order valence-electron chi connectivity index (χ1n) is 8.63. The van der Waals surface area contributed by atoms with E-state index in [4.69, 9.17) is 0 Å². The highest BCUT2D eigenvalue weighted by Crippen LogP contribution is 2.17. The smallest absolute Gasteiger partial charge is 0.376 e. The molecule has 4 N–H and O–H groups in total. The Morgan fingerprint density at radius 3 is 2.67 bits per heavy atom. The van der Waals surface area contributed by atoms with Gasteiger partial charge in [-0.15, -0.1) is 10.2 Å². The van der Waals surface area contributed by atoms with Crippen molar-refractivity contribution in [2.75, 3.05) is 13.7 Å². The molecule has 0 atom stereocenters. The number of nitrogens with zero attached hydrogens (tertiary/aromatic N) is 4. The fraction of sp³-hybridized carbons (Fsp3) is 0.167. The highest BCUT2D eigenvalue weighted by atomic mass is 16.5. The molecule has 0 radical (unpaired) electrons. The van der Waals surface area contributed by atoms with Crippen LogP contribution in [0.5, 0.6) is 0 Å². The molecule has 0 spiro atoms. The van der Waals surface area contributed by atoms with Crippen LogP contribution in [0.25, 0.3) is 0 Å². The van der Waals surface area contributed by atoms with Gasteiger partial charge in [-0.05, 0) is 12.5 Å². The number of hydrogen-bond acceptors (Lipinski definition) is 9. The second kappa shape index (κ2) is 10.8. The molecule has 1 aromatic carbocycles. The van der Waals surface area contributed by atoms with Crippen LogP contribution in [-0.2, 0) is 14.3 Å². The van der Waals surface area contributed by atoms with E-state index in [0.717, 1.165) is 0 Å². The van der Waals surface area contributed by atoms with Crippen molar-refractivity contribution in [3.05, 3.63) is 59.4 Å². The van der Waals surface area contributed by atoms with E-state index in [1.165, 1.54) is 26.5 Å². The van der Waals surface area contributed by atoms with Gasteiger partial charge < -0.3 is 20.1 Å². The standard InChI is InChI=1S/C18H19N7O5/c1-3-30-18(29)14(26)12(17(28)25-22-9-11-7-5-4-6-8-11)23-24-15-13(16(27)19-2)20-10-21-15/h4-10,26H,3H2,1-2H3,(H,19,27)(H,20,21)(H,25,28)/b14-12+,22-9-,24-23?. The first kappa shape index (κ1) is 21.9. The van der Waals surface area contributed by atoms with E-state index in [-0.39, 0.29) is 18.1 Å². The molecule has 0 aliphatic rings. The molecule has 2 rings (SSSR count). The number of azo groups is 1. The molecule has 0 aliphatic heterocycles. The summed E-state index contributed by atoms with van der Waals surface area (Å²) in [5.41, 5.74) is 2.03. The van der Waals surface area contributed by atoms with Crippen molar-refractivity contribution in [1.82, 2.24) is 20.7 Å². The number of aromatic amines is 1. The lowest BCUT2D eigenvalue weighted by molar-refractivity contribution is -0.142. The molecule has 12 heteroatoms. The van der Waals surface area contributed by atoms with Gasteiger partial charge in [0.25, 0.3) is 11.8 Å². The number of carbonyl (C=O) groups excluding carboxylic acids is 3. The van der Waals surface area contributed by atoms with E-state index in [1.807, 2.05) is 6.07 Å². The number of nitrogens with one attached hydrogen (secondary N) is 3. The molecule has 1 heterocycles. The van der Waals surface area contributed by atoms with E-state index in [9.17, 15) is 19.5 Å². The topological polar surface area (TPSA) is 170 Å². The molecule has 0 fully saturated rings. The van der Waals surface area contributed by atoms with Gasteiger partial charge in [0.2, 0.25) is 17.3 Å². The Hall–Kier alpha value is -4.35. The van der Waals surface area contributed by atoms with E-state index >= 15 is 0 Å². The zero-order valence-corrected chi connectivity index (χ0v) is 16.1. The van der Waals surface area contributed by atoms with Crippen LogP contribution in [0.15, 0.2) is 63.4 Å². The largest absolute Gasteiger partial charge is 0.500 e. The monoisotopic (exact) mass is 413 g/mol. The fourth-order valence-corrected chi connectivity index (χ4v) is 2.01. The van der Waals surface area contributed by atoms with Crippen LogP contribution in [0.1, 0.15) is 23.0 Å². The van der Waals surface area contributed by atoms with Gasteiger partial charge >= 0.3 is 5.97 Å². The molecule has 12 nitrogen and oxygen atoms in total. The molecule has 0 unspecified atom stereocenters. The van der Waals surface area contributed by atoms with Crippen molar-refractivity contribution < 1.29 is 24.2 Å². The molecule has 0 saturated heterocycles. The van der Waals surface area contributed by atoms with E-state index in [1.54, 1.807) is 24.3 Å². The number of esters is 1. The van der Waals surface area contributed by atoms with Crippen LogP contribution < -0.4 is 10.7 Å². The summed E-state index contributed by atoms with van der Waals surface area (Å²) in [6, 6.07) is 8.88. The summed E-state index contributed by atoms with van der Waals surface area (Å²) in [5.74, 6) is -3.98. The van der Waals surface area contributed by atoms with Gasteiger partial charge in [0.1, 0.15) is 0 Å². The van der Waals surface area contributed by atoms with Gasteiger partial charge in [0, 0.05) is 7.05 Å². The van der Waals surface area contributed by atoms with E-state index in [2.05, 4.69) is 40.8 Å². The molecular formula is C18H19N7O5. The number of hydrogen-bond donors (Lipinski definition) is 4. The SMILES string of the molecule is CCOC(=O)/C(O)=C(\N=Nc1nc[nH]c1C(=O)NC)C(=O)N/N=C\c1ccccc1. The Bertz CT molecular complexity index is 995. The highest BCUT2D eigenvalue weighted by molar-refractivity contribution is 6.01. The predicted molar refractivity (Wildman–Crippen MR) is 105 cm³/mol. The Labute approximate surface area is 170 Å². The lowest BCUT2D eigenvalue weighted by atomic mass is 10.2. The summed E-state index contributed by atoms with van der Waals surface area (Å²) in [7, 11) is 1.40. The first-order chi connectivity index (χ1) is 14.5. The second-order valence-corrected chi connectivity index (χ2v) is 5.41. The maximum absolute atomic E-state index is 12.4. The summed E-state index contributed by atoms with van der Waals surface area (Å²) in [6.45, 7) is 1.48. The third-order valence-electron chi connectivity index (χ3n) is 3.41. The summed E-state index contributed by atoms with van der Waals surface area (Å²) < 4.78 is 4.67. The van der Waals surface area contributed by atoms with Crippen molar-refractivity contribution in [3.8, 4) is 0 Å². The Morgan fingerprint density at radius 1 is 1.27 bits per heavy atom. The minimum absolute atomic E-state index is 0.0290. The number of hydrazone groups is 1. The van der Waals surface area contributed by atoms with Crippen LogP contribution in [0.2, 0.25) is 0 Å². The fourth-order valence-electron chi connectivity index (χ4n) is 2.01. The normalized spacial score (nSPS) is 11.9. The number of aliphatic hydroxyl groups excluding tert-OH is 1. The van der Waals surface area contributed by atoms with E-state index < -0.39 is 29.2 Å². The van der Waals surface area contributed by atoms with Crippen LogP contribution in [0.3, 0.4) is 0 Å². The zero-order chi connectivity index (χ0) is 21.9. The molecule has 2 aromatic rings. The van der Waals surface area contributed by atoms with Gasteiger partial charge in [0.15, 0.2) is 5.69 Å². The van der Waals surface area contributed by atoms with Crippen molar-refractivity contribution in [2.45, 2.75) is 6.92 Å². The molecule has 30 heavy (non-hydrogen) atoms. The predicted octanol–water partition coefficient (Wildman–Crippen LogP) is 1.34. The molecule has 1 aromatic heterocycles. The van der Waals surface area contributed by atoms with Crippen molar-refractivity contribution in [1.29, 1.82) is 0 Å². The van der Waals surface area contributed by atoms with Gasteiger partial charge in [-0.3, -0.25) is 9.59 Å². The number of rotatable bonds is 8. The Kier molecular flexibility index (Phi) is 7.94. The number of ether oxygens (including phenoxy) is 1. The lowest BCUT2D eigenvalue weighted by Gasteiger charge is -2.04. The maximum atomic E-state index is 12.4. The number of benzene rings is 1. The summed E-state index contributed by atoms with van der Waals surface area (Å²) >= 11 is 0. The number of imidazole rings is 1. The highest BCUT2D eigenvalue weighted by Gasteiger charge is 2.23. The van der Waals surface area contributed by atoms with Gasteiger partial charge in [-0.1, -0.05) is 30.3 Å². The molecule has 156 valence electrons. The lowest BCUT2D eigenvalue weighted by Crippen LogP contribution is -2.23. The number of carbonyl (C=O) groups is 3. The van der Waals surface area contributed by atoms with Crippen molar-refractivity contribution in [3.63, 3.8) is 0 Å². The summed E-state index contributed by atoms with van der Waals surface area (Å²) in [6.07, 6.45) is 2.54. The maximum Gasteiger partial charge on any atom is 0.376 e. The van der Waals surface area contributed by atoms with Gasteiger partial charge in [-0.25, -0.2) is 15.2 Å². The van der Waals surface area contributed by atoms with Gasteiger partial charge in [-0.2, -0.15) is 5.10 Å². The third-order valence-corrected chi connectivity index (χ3v) is 3.41. The van der Waals surface area contributed by atoms with Gasteiger partial charge in [0.05, 0.1) is 19.1 Å². The van der Waals surface area contributed by atoms with Crippen LogP contribution >= 0.6 is 0 Å². The Morgan fingerprint density at radius 2 is 2.00 bits per heavy atom. The second-order valence-electron chi connectivity index (χ2n) is 5.41. The first-order valence-corrected chi connectivity index (χ1v) is 8.63. The number of aromatic nitrogens is 2. The number of aliphatic hydroxyl groups is 1. The Balaban J connectivity index is 2.29. The average Bonchev–Trinajstić information content (AvgIpc) is 3.22. The van der Waals surface area contributed by atoms with Crippen molar-refractivity contribution in [2.24, 2.45) is 15.3 Å². The summed E-state index contributed by atoms with van der Waals surface area (Å²) in [4.78, 5) is 42.4. The molecule has 0 aliphatic carbocycles. The van der Waals surface area contributed by atoms with E-state index in [0.29, 0.717) is 5.56 Å². The number of H-pyrrole nitrogens is 1. The number of amides is 2. The average molecular weight is 413 g/mol. The van der Waals surface area contributed by atoms with Crippen molar-refractivity contribution >= 4 is 29.8 Å². The zero-order valence-electron chi connectivity index (χ0n) is 16.1. The quantitative estimate of drug-likeness (QED) is 0.127.